The first-order chi connectivity index (χ1) is 8.38. The number of hydrogen-bond acceptors (Lipinski definition) is 2. The molecule has 0 amide bonds. The molecule has 84 valence electrons. The lowest BCUT2D eigenvalue weighted by atomic mass is 10.0. The van der Waals surface area contributed by atoms with E-state index < -0.39 is 0 Å². The molecule has 1 heterocycles. The summed E-state index contributed by atoms with van der Waals surface area (Å²) in [5.41, 5.74) is 2.21. The molecule has 3 aromatic rings. The highest BCUT2D eigenvalue weighted by molar-refractivity contribution is 5.97. The van der Waals surface area contributed by atoms with Crippen LogP contribution in [0, 0.1) is 0 Å². The molecular formula is C15H13NO. The van der Waals surface area contributed by atoms with Gasteiger partial charge in [-0.3, -0.25) is 4.98 Å². The number of aromatic nitrogens is 1. The average molecular weight is 223 g/mol. The van der Waals surface area contributed by atoms with E-state index in [1.54, 1.807) is 7.11 Å². The summed E-state index contributed by atoms with van der Waals surface area (Å²) in [6.07, 6.45) is 1.84. The highest BCUT2D eigenvalue weighted by atomic mass is 16.5. The smallest absolute Gasteiger partial charge is 0.0720 e. The molecule has 0 fully saturated rings. The van der Waals surface area contributed by atoms with Crippen molar-refractivity contribution in [1.82, 2.24) is 4.98 Å². The van der Waals surface area contributed by atoms with E-state index in [4.69, 9.17) is 4.74 Å². The van der Waals surface area contributed by atoms with Gasteiger partial charge in [0.2, 0.25) is 0 Å². The second kappa shape index (κ2) is 4.15. The maximum Gasteiger partial charge on any atom is 0.0720 e. The van der Waals surface area contributed by atoms with Crippen LogP contribution in [0.1, 0.15) is 5.56 Å². The second-order valence-electron chi connectivity index (χ2n) is 4.12. The average Bonchev–Trinajstić information content (AvgIpc) is 2.37. The molecule has 0 spiro atoms. The molecule has 0 saturated carbocycles. The molecule has 0 saturated heterocycles. The lowest BCUT2D eigenvalue weighted by Gasteiger charge is -2.06. The minimum atomic E-state index is 0.622. The Kier molecular flexibility index (Phi) is 2.50. The van der Waals surface area contributed by atoms with Gasteiger partial charge < -0.3 is 4.74 Å². The quantitative estimate of drug-likeness (QED) is 0.620. The summed E-state index contributed by atoms with van der Waals surface area (Å²) < 4.78 is 5.22. The van der Waals surface area contributed by atoms with Crippen LogP contribution in [0.25, 0.3) is 21.7 Å². The van der Waals surface area contributed by atoms with Gasteiger partial charge in [-0.25, -0.2) is 0 Å². The summed E-state index contributed by atoms with van der Waals surface area (Å²) in [4.78, 5) is 4.42. The Balaban J connectivity index is 2.35. The largest absolute Gasteiger partial charge is 0.380 e. The normalized spacial score (nSPS) is 11.1. The van der Waals surface area contributed by atoms with Crippen molar-refractivity contribution in [2.24, 2.45) is 0 Å². The maximum absolute atomic E-state index is 5.22. The van der Waals surface area contributed by atoms with Crippen molar-refractivity contribution in [2.75, 3.05) is 7.11 Å². The highest BCUT2D eigenvalue weighted by Gasteiger charge is 2.03. The summed E-state index contributed by atoms with van der Waals surface area (Å²) in [7, 11) is 1.72. The number of pyridine rings is 1. The van der Waals surface area contributed by atoms with Crippen LogP contribution >= 0.6 is 0 Å². The van der Waals surface area contributed by atoms with Gasteiger partial charge in [0, 0.05) is 18.7 Å². The Labute approximate surface area is 99.9 Å². The van der Waals surface area contributed by atoms with Crippen molar-refractivity contribution >= 4 is 21.7 Å². The summed E-state index contributed by atoms with van der Waals surface area (Å²) in [6, 6.07) is 14.7. The number of methoxy groups -OCH3 is 1. The fourth-order valence-electron chi connectivity index (χ4n) is 2.17. The fraction of sp³-hybridized carbons (Fsp3) is 0.133. The van der Waals surface area contributed by atoms with Crippen molar-refractivity contribution < 1.29 is 4.74 Å². The van der Waals surface area contributed by atoms with E-state index in [1.165, 1.54) is 21.7 Å². The SMILES string of the molecule is COCc1ccnc2cc3ccccc3cc12. The van der Waals surface area contributed by atoms with Gasteiger partial charge in [0.1, 0.15) is 0 Å². The Bertz CT molecular complexity index is 676. The molecule has 17 heavy (non-hydrogen) atoms. The maximum atomic E-state index is 5.22. The molecule has 3 rings (SSSR count). The first-order valence-corrected chi connectivity index (χ1v) is 5.64. The summed E-state index contributed by atoms with van der Waals surface area (Å²) in [5.74, 6) is 0. The number of ether oxygens (including phenoxy) is 1. The first kappa shape index (κ1) is 10.2. The van der Waals surface area contributed by atoms with E-state index in [9.17, 15) is 0 Å². The van der Waals surface area contributed by atoms with E-state index in [0.717, 1.165) is 5.52 Å². The van der Waals surface area contributed by atoms with Crippen molar-refractivity contribution in [3.8, 4) is 0 Å². The Morgan fingerprint density at radius 3 is 2.59 bits per heavy atom. The third-order valence-corrected chi connectivity index (χ3v) is 3.00. The number of nitrogens with zero attached hydrogens (tertiary/aromatic N) is 1. The van der Waals surface area contributed by atoms with Gasteiger partial charge >= 0.3 is 0 Å². The monoisotopic (exact) mass is 223 g/mol. The van der Waals surface area contributed by atoms with Crippen molar-refractivity contribution in [3.05, 3.63) is 54.2 Å². The minimum absolute atomic E-state index is 0.622. The molecule has 0 aliphatic carbocycles. The van der Waals surface area contributed by atoms with Gasteiger partial charge in [0.05, 0.1) is 12.1 Å². The summed E-state index contributed by atoms with van der Waals surface area (Å²) in [5, 5.41) is 3.64. The topological polar surface area (TPSA) is 22.1 Å². The van der Waals surface area contributed by atoms with Crippen LogP contribution < -0.4 is 0 Å². The highest BCUT2D eigenvalue weighted by Crippen LogP contribution is 2.24. The van der Waals surface area contributed by atoms with Crippen LogP contribution in [-0.4, -0.2) is 12.1 Å². The predicted octanol–water partition coefficient (Wildman–Crippen LogP) is 3.53. The lowest BCUT2D eigenvalue weighted by molar-refractivity contribution is 0.186. The van der Waals surface area contributed by atoms with Gasteiger partial charge in [0.15, 0.2) is 0 Å². The van der Waals surface area contributed by atoms with E-state index in [0.29, 0.717) is 6.61 Å². The molecule has 2 nitrogen and oxygen atoms in total. The summed E-state index contributed by atoms with van der Waals surface area (Å²) in [6.45, 7) is 0.622. The van der Waals surface area contributed by atoms with Crippen LogP contribution in [0.4, 0.5) is 0 Å². The van der Waals surface area contributed by atoms with Crippen LogP contribution in [0.2, 0.25) is 0 Å². The fourth-order valence-corrected chi connectivity index (χ4v) is 2.17. The second-order valence-corrected chi connectivity index (χ2v) is 4.12. The van der Waals surface area contributed by atoms with Gasteiger partial charge in [-0.1, -0.05) is 24.3 Å². The third kappa shape index (κ3) is 1.77. The molecule has 0 N–H and O–H groups in total. The van der Waals surface area contributed by atoms with Crippen LogP contribution in [0.5, 0.6) is 0 Å². The van der Waals surface area contributed by atoms with E-state index in [2.05, 4.69) is 35.3 Å². The molecule has 0 unspecified atom stereocenters. The van der Waals surface area contributed by atoms with Crippen LogP contribution in [0.15, 0.2) is 48.7 Å². The zero-order chi connectivity index (χ0) is 11.7. The van der Waals surface area contributed by atoms with E-state index in [1.807, 2.05) is 18.3 Å². The van der Waals surface area contributed by atoms with E-state index >= 15 is 0 Å². The minimum Gasteiger partial charge on any atom is -0.380 e. The number of benzene rings is 2. The van der Waals surface area contributed by atoms with Gasteiger partial charge in [-0.05, 0) is 34.5 Å². The number of fused-ring (bicyclic) bond motifs is 2. The van der Waals surface area contributed by atoms with Crippen molar-refractivity contribution in [3.63, 3.8) is 0 Å². The lowest BCUT2D eigenvalue weighted by Crippen LogP contribution is -1.91. The van der Waals surface area contributed by atoms with Gasteiger partial charge in [0.25, 0.3) is 0 Å². The Morgan fingerprint density at radius 2 is 1.82 bits per heavy atom. The van der Waals surface area contributed by atoms with E-state index in [-0.39, 0.29) is 0 Å². The standard InChI is InChI=1S/C15H13NO/c1-17-10-13-6-7-16-15-9-12-5-3-2-4-11(12)8-14(13)15/h2-9H,10H2,1H3. The van der Waals surface area contributed by atoms with Crippen LogP contribution in [0.3, 0.4) is 0 Å². The predicted molar refractivity (Wildman–Crippen MR) is 70.0 cm³/mol. The first-order valence-electron chi connectivity index (χ1n) is 5.64. The molecule has 1 aromatic heterocycles. The summed E-state index contributed by atoms with van der Waals surface area (Å²) >= 11 is 0. The van der Waals surface area contributed by atoms with Crippen LogP contribution in [-0.2, 0) is 11.3 Å². The molecule has 2 heteroatoms. The third-order valence-electron chi connectivity index (χ3n) is 3.00. The van der Waals surface area contributed by atoms with Crippen molar-refractivity contribution in [2.45, 2.75) is 6.61 Å². The Hall–Kier alpha value is -1.93. The molecular weight excluding hydrogens is 210 g/mol. The molecule has 0 atom stereocenters. The molecule has 0 radical (unpaired) electrons. The Morgan fingerprint density at radius 1 is 1.06 bits per heavy atom. The van der Waals surface area contributed by atoms with Gasteiger partial charge in [-0.2, -0.15) is 0 Å². The molecule has 2 aromatic carbocycles. The zero-order valence-corrected chi connectivity index (χ0v) is 9.68. The number of rotatable bonds is 2. The zero-order valence-electron chi connectivity index (χ0n) is 9.68. The molecule has 0 bridgehead atoms. The van der Waals surface area contributed by atoms with Gasteiger partial charge in [-0.15, -0.1) is 0 Å². The molecule has 0 aliphatic heterocycles. The number of hydrogen-bond donors (Lipinski definition) is 0. The molecule has 0 aliphatic rings. The van der Waals surface area contributed by atoms with Crippen molar-refractivity contribution in [1.29, 1.82) is 0 Å².